The molecule has 1 aromatic carbocycles. The number of hydrogen-bond acceptors (Lipinski definition) is 1. The van der Waals surface area contributed by atoms with Gasteiger partial charge >= 0.3 is 0 Å². The zero-order valence-corrected chi connectivity index (χ0v) is 13.2. The van der Waals surface area contributed by atoms with Gasteiger partial charge in [0, 0.05) is 13.1 Å². The van der Waals surface area contributed by atoms with Crippen LogP contribution in [0.1, 0.15) is 28.0 Å². The predicted octanol–water partition coefficient (Wildman–Crippen LogP) is 3.62. The molecule has 1 amide bonds. The number of aryl methyl sites for hydroxylation is 1. The fourth-order valence-electron chi connectivity index (χ4n) is 2.84. The van der Waals surface area contributed by atoms with E-state index in [1.165, 1.54) is 11.1 Å². The maximum atomic E-state index is 12.4. The molecule has 1 aromatic heterocycles. The molecule has 1 atom stereocenters. The highest BCUT2D eigenvalue weighted by Crippen LogP contribution is 2.26. The molecular weight excluding hydrogens is 307 g/mol. The first-order chi connectivity index (χ1) is 10.1. The Bertz CT molecular complexity index is 694. The summed E-state index contributed by atoms with van der Waals surface area (Å²) in [5, 5.41) is 3.87. The lowest BCUT2D eigenvalue weighted by atomic mass is 9.88. The van der Waals surface area contributed by atoms with Crippen molar-refractivity contribution in [2.75, 3.05) is 0 Å². The summed E-state index contributed by atoms with van der Waals surface area (Å²) in [6.07, 6.45) is 2.82. The average Bonchev–Trinajstić information content (AvgIpc) is 2.75. The van der Waals surface area contributed by atoms with Gasteiger partial charge in [-0.25, -0.2) is 0 Å². The Kier molecular flexibility index (Phi) is 3.96. The Balaban J connectivity index is 1.73. The largest absolute Gasteiger partial charge is 0.348 e. The average molecular weight is 323 g/mol. The SMILES string of the molecule is Cn1c(C(=O)NC2CCc3ccccc3C2)cc(Cl)c1Cl. The third-order valence-electron chi connectivity index (χ3n) is 4.03. The second kappa shape index (κ2) is 5.74. The minimum atomic E-state index is -0.129. The number of halogens is 2. The Labute approximate surface area is 133 Å². The van der Waals surface area contributed by atoms with Crippen LogP contribution >= 0.6 is 23.2 Å². The summed E-state index contributed by atoms with van der Waals surface area (Å²) in [5.41, 5.74) is 3.19. The molecule has 2 aromatic rings. The van der Waals surface area contributed by atoms with Gasteiger partial charge in [0.25, 0.3) is 5.91 Å². The number of rotatable bonds is 2. The van der Waals surface area contributed by atoms with E-state index in [1.807, 2.05) is 6.07 Å². The number of benzene rings is 1. The molecule has 3 nitrogen and oxygen atoms in total. The number of aromatic nitrogens is 1. The van der Waals surface area contributed by atoms with Gasteiger partial charge in [0.05, 0.1) is 5.02 Å². The van der Waals surface area contributed by atoms with E-state index in [2.05, 4.69) is 23.5 Å². The summed E-state index contributed by atoms with van der Waals surface area (Å²) in [5.74, 6) is -0.129. The van der Waals surface area contributed by atoms with E-state index in [9.17, 15) is 4.79 Å². The van der Waals surface area contributed by atoms with Crippen LogP contribution in [0.15, 0.2) is 30.3 Å². The van der Waals surface area contributed by atoms with Crippen molar-refractivity contribution in [2.45, 2.75) is 25.3 Å². The normalized spacial score (nSPS) is 17.4. The van der Waals surface area contributed by atoms with Gasteiger partial charge in [0.15, 0.2) is 0 Å². The molecule has 0 saturated carbocycles. The standard InChI is InChI=1S/C16H16Cl2N2O/c1-20-14(9-13(17)15(20)18)16(21)19-12-7-6-10-4-2-3-5-11(10)8-12/h2-5,9,12H,6-8H2,1H3,(H,19,21). The minimum Gasteiger partial charge on any atom is -0.348 e. The number of fused-ring (bicyclic) bond motifs is 1. The number of carbonyl (C=O) groups excluding carboxylic acids is 1. The van der Waals surface area contributed by atoms with Crippen LogP contribution in [0.4, 0.5) is 0 Å². The molecule has 0 saturated heterocycles. The maximum absolute atomic E-state index is 12.4. The van der Waals surface area contributed by atoms with Crippen molar-refractivity contribution in [3.63, 3.8) is 0 Å². The molecule has 0 aliphatic heterocycles. The molecule has 1 unspecified atom stereocenters. The molecule has 5 heteroatoms. The van der Waals surface area contributed by atoms with Crippen molar-refractivity contribution >= 4 is 29.1 Å². The molecule has 21 heavy (non-hydrogen) atoms. The number of hydrogen-bond donors (Lipinski definition) is 1. The molecule has 1 heterocycles. The van der Waals surface area contributed by atoms with Gasteiger partial charge in [-0.05, 0) is 36.5 Å². The lowest BCUT2D eigenvalue weighted by molar-refractivity contribution is 0.0925. The van der Waals surface area contributed by atoms with Gasteiger partial charge in [-0.2, -0.15) is 0 Å². The highest BCUT2D eigenvalue weighted by atomic mass is 35.5. The lowest BCUT2D eigenvalue weighted by Crippen LogP contribution is -2.39. The van der Waals surface area contributed by atoms with Gasteiger partial charge in [-0.15, -0.1) is 0 Å². The zero-order valence-electron chi connectivity index (χ0n) is 11.7. The van der Waals surface area contributed by atoms with Crippen molar-refractivity contribution in [1.82, 2.24) is 9.88 Å². The minimum absolute atomic E-state index is 0.129. The highest BCUT2D eigenvalue weighted by molar-refractivity contribution is 6.41. The summed E-state index contributed by atoms with van der Waals surface area (Å²) in [6, 6.07) is 10.1. The van der Waals surface area contributed by atoms with Crippen LogP contribution < -0.4 is 5.32 Å². The fourth-order valence-corrected chi connectivity index (χ4v) is 3.22. The van der Waals surface area contributed by atoms with Crippen LogP contribution in [0.3, 0.4) is 0 Å². The Morgan fingerprint density at radius 1 is 1.29 bits per heavy atom. The first-order valence-corrected chi connectivity index (χ1v) is 7.70. The van der Waals surface area contributed by atoms with Crippen LogP contribution in [-0.4, -0.2) is 16.5 Å². The van der Waals surface area contributed by atoms with Crippen molar-refractivity contribution < 1.29 is 4.79 Å². The zero-order chi connectivity index (χ0) is 15.0. The molecule has 110 valence electrons. The van der Waals surface area contributed by atoms with Crippen LogP contribution in [0, 0.1) is 0 Å². The fraction of sp³-hybridized carbons (Fsp3) is 0.312. The van der Waals surface area contributed by atoms with Gasteiger partial charge in [0.1, 0.15) is 10.8 Å². The molecule has 0 fully saturated rings. The highest BCUT2D eigenvalue weighted by Gasteiger charge is 2.22. The Morgan fingerprint density at radius 3 is 2.67 bits per heavy atom. The topological polar surface area (TPSA) is 34.0 Å². The number of carbonyl (C=O) groups is 1. The summed E-state index contributed by atoms with van der Waals surface area (Å²) in [4.78, 5) is 12.4. The molecule has 1 aliphatic rings. The van der Waals surface area contributed by atoms with Crippen LogP contribution in [0.5, 0.6) is 0 Å². The first kappa shape index (κ1) is 14.5. The van der Waals surface area contributed by atoms with E-state index in [0.717, 1.165) is 19.3 Å². The molecular formula is C16H16Cl2N2O. The van der Waals surface area contributed by atoms with E-state index < -0.39 is 0 Å². The van der Waals surface area contributed by atoms with E-state index in [-0.39, 0.29) is 11.9 Å². The maximum Gasteiger partial charge on any atom is 0.268 e. The second-order valence-corrected chi connectivity index (χ2v) is 6.17. The van der Waals surface area contributed by atoms with Gasteiger partial charge < -0.3 is 9.88 Å². The van der Waals surface area contributed by atoms with Gasteiger partial charge in [-0.1, -0.05) is 47.5 Å². The molecule has 1 aliphatic carbocycles. The van der Waals surface area contributed by atoms with Crippen LogP contribution in [-0.2, 0) is 19.9 Å². The first-order valence-electron chi connectivity index (χ1n) is 6.94. The van der Waals surface area contributed by atoms with Crippen LogP contribution in [0.2, 0.25) is 10.2 Å². The number of nitrogens with one attached hydrogen (secondary N) is 1. The summed E-state index contributed by atoms with van der Waals surface area (Å²) in [7, 11) is 1.74. The van der Waals surface area contributed by atoms with Crippen molar-refractivity contribution in [2.24, 2.45) is 7.05 Å². The van der Waals surface area contributed by atoms with E-state index in [1.54, 1.807) is 17.7 Å². The van der Waals surface area contributed by atoms with E-state index in [0.29, 0.717) is 15.9 Å². The van der Waals surface area contributed by atoms with E-state index >= 15 is 0 Å². The third-order valence-corrected chi connectivity index (χ3v) is 4.87. The van der Waals surface area contributed by atoms with Crippen LogP contribution in [0.25, 0.3) is 0 Å². The van der Waals surface area contributed by atoms with Crippen molar-refractivity contribution in [1.29, 1.82) is 0 Å². The number of amides is 1. The summed E-state index contributed by atoms with van der Waals surface area (Å²) >= 11 is 12.0. The second-order valence-electron chi connectivity index (χ2n) is 5.41. The smallest absolute Gasteiger partial charge is 0.268 e. The van der Waals surface area contributed by atoms with Crippen molar-refractivity contribution in [3.05, 3.63) is 57.3 Å². The molecule has 0 radical (unpaired) electrons. The molecule has 1 N–H and O–H groups in total. The molecule has 0 spiro atoms. The third kappa shape index (κ3) is 2.81. The Hall–Kier alpha value is -1.45. The quantitative estimate of drug-likeness (QED) is 0.900. The van der Waals surface area contributed by atoms with Gasteiger partial charge in [0.2, 0.25) is 0 Å². The van der Waals surface area contributed by atoms with Crippen molar-refractivity contribution in [3.8, 4) is 0 Å². The monoisotopic (exact) mass is 322 g/mol. The lowest BCUT2D eigenvalue weighted by Gasteiger charge is -2.25. The summed E-state index contributed by atoms with van der Waals surface area (Å²) in [6.45, 7) is 0. The van der Waals surface area contributed by atoms with E-state index in [4.69, 9.17) is 23.2 Å². The molecule has 0 bridgehead atoms. The van der Waals surface area contributed by atoms with Gasteiger partial charge in [-0.3, -0.25) is 4.79 Å². The predicted molar refractivity (Wildman–Crippen MR) is 85.2 cm³/mol. The number of nitrogens with zero attached hydrogens (tertiary/aromatic N) is 1. The Morgan fingerprint density at radius 2 is 2.00 bits per heavy atom. The molecule has 3 rings (SSSR count). The summed E-state index contributed by atoms with van der Waals surface area (Å²) < 4.78 is 1.61.